The predicted octanol–water partition coefficient (Wildman–Crippen LogP) is 3.72. The van der Waals surface area contributed by atoms with E-state index in [0.717, 1.165) is 44.5 Å². The van der Waals surface area contributed by atoms with Crippen LogP contribution < -0.4 is 16.4 Å². The zero-order valence-electron chi connectivity index (χ0n) is 21.0. The Bertz CT molecular complexity index is 1430. The summed E-state index contributed by atoms with van der Waals surface area (Å²) < 4.78 is 12.9. The minimum atomic E-state index is -0.434. The number of hydrogen-bond acceptors (Lipinski definition) is 7. The Balaban J connectivity index is 1.29. The van der Waals surface area contributed by atoms with Crippen LogP contribution in [0.1, 0.15) is 29.8 Å². The summed E-state index contributed by atoms with van der Waals surface area (Å²) in [5.41, 5.74) is 12.1. The van der Waals surface area contributed by atoms with Crippen molar-refractivity contribution < 1.29 is 14.3 Å². The Hall–Kier alpha value is -3.95. The van der Waals surface area contributed by atoms with Crippen LogP contribution in [-0.4, -0.2) is 53.5 Å². The number of imidazole rings is 1. The zero-order valence-corrected chi connectivity index (χ0v) is 21.0. The summed E-state index contributed by atoms with van der Waals surface area (Å²) >= 11 is 0. The van der Waals surface area contributed by atoms with Gasteiger partial charge in [0.15, 0.2) is 5.82 Å². The normalized spacial score (nSPS) is 13.5. The lowest BCUT2D eigenvalue weighted by atomic mass is 10.1. The molecular weight excluding hydrogens is 468 g/mol. The first-order chi connectivity index (χ1) is 18.0. The van der Waals surface area contributed by atoms with Crippen molar-refractivity contribution in [3.63, 3.8) is 0 Å². The van der Waals surface area contributed by atoms with E-state index in [1.165, 1.54) is 0 Å². The fourth-order valence-corrected chi connectivity index (χ4v) is 4.42. The van der Waals surface area contributed by atoms with E-state index < -0.39 is 6.09 Å². The second-order valence-electron chi connectivity index (χ2n) is 9.44. The van der Waals surface area contributed by atoms with Gasteiger partial charge in [-0.15, -0.1) is 0 Å². The van der Waals surface area contributed by atoms with Crippen molar-refractivity contribution in [3.8, 4) is 0 Å². The van der Waals surface area contributed by atoms with Gasteiger partial charge < -0.3 is 30.4 Å². The van der Waals surface area contributed by atoms with Crippen LogP contribution in [-0.2, 0) is 22.6 Å². The minimum Gasteiger partial charge on any atom is -0.448 e. The Morgan fingerprint density at radius 1 is 1.16 bits per heavy atom. The van der Waals surface area contributed by atoms with Gasteiger partial charge in [-0.3, -0.25) is 0 Å². The lowest BCUT2D eigenvalue weighted by Crippen LogP contribution is -2.28. The summed E-state index contributed by atoms with van der Waals surface area (Å²) in [6, 6.07) is 16.2. The van der Waals surface area contributed by atoms with Crippen LogP contribution in [0, 0.1) is 0 Å². The van der Waals surface area contributed by atoms with E-state index >= 15 is 0 Å². The van der Waals surface area contributed by atoms with Gasteiger partial charge in [0.2, 0.25) is 0 Å². The molecule has 0 radical (unpaired) electrons. The Kier molecular flexibility index (Phi) is 7.34. The number of amides is 1. The van der Waals surface area contributed by atoms with E-state index in [9.17, 15) is 4.79 Å². The number of anilines is 1. The van der Waals surface area contributed by atoms with Gasteiger partial charge in [-0.05, 0) is 24.1 Å². The summed E-state index contributed by atoms with van der Waals surface area (Å²) in [5, 5.41) is 6.98. The van der Waals surface area contributed by atoms with E-state index in [-0.39, 0.29) is 5.92 Å². The van der Waals surface area contributed by atoms with Crippen LogP contribution in [0.2, 0.25) is 0 Å². The molecule has 0 spiro atoms. The number of benzene rings is 2. The number of carbonyl (C=O) groups excluding carboxylic acids is 1. The first-order valence-electron chi connectivity index (χ1n) is 12.4. The third-order valence-corrected chi connectivity index (χ3v) is 6.38. The number of pyridine rings is 1. The summed E-state index contributed by atoms with van der Waals surface area (Å²) in [4.78, 5) is 21.5. The largest absolute Gasteiger partial charge is 0.448 e. The average molecular weight is 501 g/mol. The highest BCUT2D eigenvalue weighted by molar-refractivity contribution is 6.06. The van der Waals surface area contributed by atoms with Crippen molar-refractivity contribution >= 4 is 33.8 Å². The number of carbonyl (C=O) groups is 1. The molecule has 3 heterocycles. The number of rotatable bonds is 10. The molecule has 192 valence electrons. The molecule has 9 heteroatoms. The molecule has 9 nitrogen and oxygen atoms in total. The first-order valence-corrected chi connectivity index (χ1v) is 12.4. The Labute approximate surface area is 215 Å². The van der Waals surface area contributed by atoms with E-state index in [2.05, 4.69) is 45.0 Å². The van der Waals surface area contributed by atoms with Crippen molar-refractivity contribution in [1.29, 1.82) is 0 Å². The molecule has 2 aromatic heterocycles. The van der Waals surface area contributed by atoms with Gasteiger partial charge in [0.1, 0.15) is 17.9 Å². The molecule has 1 saturated heterocycles. The second kappa shape index (κ2) is 11.0. The number of aromatic nitrogens is 3. The minimum absolute atomic E-state index is 0.232. The van der Waals surface area contributed by atoms with Gasteiger partial charge in [-0.1, -0.05) is 54.6 Å². The van der Waals surface area contributed by atoms with Gasteiger partial charge in [0.25, 0.3) is 0 Å². The number of ether oxygens (including phenoxy) is 2. The van der Waals surface area contributed by atoms with Crippen LogP contribution in [0.5, 0.6) is 0 Å². The number of para-hydroxylation sites is 1. The highest BCUT2D eigenvalue weighted by atomic mass is 16.5. The monoisotopic (exact) mass is 500 g/mol. The van der Waals surface area contributed by atoms with Crippen LogP contribution in [0.3, 0.4) is 0 Å². The molecule has 1 fully saturated rings. The van der Waals surface area contributed by atoms with Crippen molar-refractivity contribution in [3.05, 3.63) is 77.6 Å². The maximum Gasteiger partial charge on any atom is 0.407 e. The summed E-state index contributed by atoms with van der Waals surface area (Å²) in [5.74, 6) is 1.64. The maximum atomic E-state index is 12.0. The molecule has 0 bridgehead atoms. The molecule has 1 aliphatic heterocycles. The van der Waals surface area contributed by atoms with Gasteiger partial charge in [-0.2, -0.15) is 0 Å². The molecule has 0 saturated carbocycles. The SMILES string of the molecule is C=C(C)CNCCOC(=O)NCc1ccc(Cn2c(C3COC3)nc3c(N)nc4ccccc4c32)cc1. The lowest BCUT2D eigenvalue weighted by molar-refractivity contribution is 0.00381. The molecular formula is C28H32N6O3. The molecule has 4 N–H and O–H groups in total. The van der Waals surface area contributed by atoms with Crippen molar-refractivity contribution in [1.82, 2.24) is 25.2 Å². The third-order valence-electron chi connectivity index (χ3n) is 6.38. The van der Waals surface area contributed by atoms with Crippen LogP contribution in [0.4, 0.5) is 10.6 Å². The standard InChI is InChI=1S/C28H32N6O3/c1-18(2)13-30-11-12-37-28(35)31-14-19-7-9-20(10-8-19)15-34-25-22-5-3-4-6-23(22)32-26(29)24(25)33-27(34)21-16-36-17-21/h3-10,21,30H,1,11-17H2,2H3,(H2,29,32)(H,31,35). The van der Waals surface area contributed by atoms with Crippen molar-refractivity contribution in [2.45, 2.75) is 25.9 Å². The highest BCUT2D eigenvalue weighted by Gasteiger charge is 2.28. The summed E-state index contributed by atoms with van der Waals surface area (Å²) in [6.45, 7) is 9.71. The number of alkyl carbamates (subject to hydrolysis) is 1. The average Bonchev–Trinajstić information content (AvgIpc) is 3.21. The predicted molar refractivity (Wildman–Crippen MR) is 144 cm³/mol. The molecule has 2 aromatic carbocycles. The molecule has 37 heavy (non-hydrogen) atoms. The van der Waals surface area contributed by atoms with Crippen LogP contribution in [0.15, 0.2) is 60.7 Å². The fraction of sp³-hybridized carbons (Fsp3) is 0.321. The summed E-state index contributed by atoms with van der Waals surface area (Å²) in [6.07, 6.45) is -0.434. The van der Waals surface area contributed by atoms with Gasteiger partial charge in [0, 0.05) is 31.6 Å². The number of nitrogens with two attached hydrogens (primary N) is 1. The van der Waals surface area contributed by atoms with Gasteiger partial charge in [-0.25, -0.2) is 14.8 Å². The van der Waals surface area contributed by atoms with E-state index in [0.29, 0.717) is 51.8 Å². The third kappa shape index (κ3) is 5.58. The quantitative estimate of drug-likeness (QED) is 0.224. The second-order valence-corrected chi connectivity index (χ2v) is 9.44. The molecule has 1 amide bonds. The van der Waals surface area contributed by atoms with Gasteiger partial charge in [0.05, 0.1) is 30.2 Å². The van der Waals surface area contributed by atoms with Crippen LogP contribution >= 0.6 is 0 Å². The smallest absolute Gasteiger partial charge is 0.407 e. The highest BCUT2D eigenvalue weighted by Crippen LogP contribution is 2.33. The Morgan fingerprint density at radius 2 is 1.92 bits per heavy atom. The molecule has 4 aromatic rings. The van der Waals surface area contributed by atoms with Gasteiger partial charge >= 0.3 is 6.09 Å². The molecule has 1 aliphatic rings. The van der Waals surface area contributed by atoms with E-state index in [1.807, 2.05) is 37.3 Å². The topological polar surface area (TPSA) is 116 Å². The molecule has 5 rings (SSSR count). The van der Waals surface area contributed by atoms with E-state index in [1.54, 1.807) is 0 Å². The fourth-order valence-electron chi connectivity index (χ4n) is 4.42. The molecule has 0 aliphatic carbocycles. The number of fused-ring (bicyclic) bond motifs is 3. The summed E-state index contributed by atoms with van der Waals surface area (Å²) in [7, 11) is 0. The number of nitrogens with one attached hydrogen (secondary N) is 2. The molecule has 0 unspecified atom stereocenters. The Morgan fingerprint density at radius 3 is 2.65 bits per heavy atom. The number of hydrogen-bond donors (Lipinski definition) is 3. The van der Waals surface area contributed by atoms with Crippen molar-refractivity contribution in [2.24, 2.45) is 0 Å². The lowest BCUT2D eigenvalue weighted by Gasteiger charge is -2.26. The molecule has 0 atom stereocenters. The van der Waals surface area contributed by atoms with Crippen LogP contribution in [0.25, 0.3) is 21.9 Å². The maximum absolute atomic E-state index is 12.0. The zero-order chi connectivity index (χ0) is 25.8. The van der Waals surface area contributed by atoms with Crippen molar-refractivity contribution in [2.75, 3.05) is 38.6 Å². The number of nitrogens with zero attached hydrogens (tertiary/aromatic N) is 3. The number of nitrogen functional groups attached to an aromatic ring is 1. The van der Waals surface area contributed by atoms with E-state index in [4.69, 9.17) is 20.2 Å². The first kappa shape index (κ1) is 24.7.